The summed E-state index contributed by atoms with van der Waals surface area (Å²) in [4.78, 5) is 41.9. The number of fused-ring (bicyclic) bond motifs is 1. The zero-order chi connectivity index (χ0) is 25.5. The zero-order valence-corrected chi connectivity index (χ0v) is 20.5. The molecule has 0 aliphatic carbocycles. The molecule has 0 saturated carbocycles. The van der Waals surface area contributed by atoms with Gasteiger partial charge in [0.05, 0.1) is 6.10 Å². The second kappa shape index (κ2) is 11.8. The Morgan fingerprint density at radius 1 is 0.972 bits per heavy atom. The highest BCUT2D eigenvalue weighted by atomic mass is 16.3. The zero-order valence-electron chi connectivity index (χ0n) is 20.5. The monoisotopic (exact) mass is 487 g/mol. The maximum Gasteiger partial charge on any atom is 0.245 e. The van der Waals surface area contributed by atoms with Crippen LogP contribution in [-0.2, 0) is 27.2 Å². The van der Waals surface area contributed by atoms with Crippen LogP contribution in [0, 0.1) is 0 Å². The van der Waals surface area contributed by atoms with Crippen molar-refractivity contribution in [3.05, 3.63) is 83.9 Å². The fourth-order valence-corrected chi connectivity index (χ4v) is 4.82. The van der Waals surface area contributed by atoms with E-state index in [1.165, 1.54) is 4.90 Å². The summed E-state index contributed by atoms with van der Waals surface area (Å²) < 4.78 is 0. The van der Waals surface area contributed by atoms with Crippen molar-refractivity contribution in [2.24, 2.45) is 0 Å². The second-order valence-electron chi connectivity index (χ2n) is 9.43. The Labute approximate surface area is 211 Å². The molecule has 1 fully saturated rings. The van der Waals surface area contributed by atoms with Crippen LogP contribution in [0.3, 0.4) is 0 Å². The predicted molar refractivity (Wildman–Crippen MR) is 139 cm³/mol. The van der Waals surface area contributed by atoms with Crippen LogP contribution in [0.25, 0.3) is 10.8 Å². The number of benzene rings is 3. The summed E-state index contributed by atoms with van der Waals surface area (Å²) >= 11 is 0. The van der Waals surface area contributed by atoms with E-state index in [9.17, 15) is 19.5 Å². The lowest BCUT2D eigenvalue weighted by molar-refractivity contribution is -0.147. The Bertz CT molecular complexity index is 1190. The van der Waals surface area contributed by atoms with Gasteiger partial charge < -0.3 is 20.2 Å². The molecule has 2 atom stereocenters. The number of aliphatic hydroxyl groups excluding tert-OH is 1. The van der Waals surface area contributed by atoms with Gasteiger partial charge in [-0.25, -0.2) is 0 Å². The quantitative estimate of drug-likeness (QED) is 0.454. The first-order chi connectivity index (χ1) is 17.5. The van der Waals surface area contributed by atoms with Gasteiger partial charge in [-0.3, -0.25) is 14.4 Å². The number of piperidine rings is 1. The highest BCUT2D eigenvalue weighted by Crippen LogP contribution is 2.19. The van der Waals surface area contributed by atoms with E-state index in [4.69, 9.17) is 0 Å². The van der Waals surface area contributed by atoms with Crippen molar-refractivity contribution in [2.45, 2.75) is 43.9 Å². The summed E-state index contributed by atoms with van der Waals surface area (Å²) in [6, 6.07) is 22.0. The first-order valence-corrected chi connectivity index (χ1v) is 12.4. The molecule has 7 nitrogen and oxygen atoms in total. The molecule has 1 heterocycles. The Balaban J connectivity index is 1.56. The van der Waals surface area contributed by atoms with Crippen molar-refractivity contribution >= 4 is 29.0 Å². The number of nitrogens with zero attached hydrogens (tertiary/aromatic N) is 2. The number of hydrogen-bond acceptors (Lipinski definition) is 4. The van der Waals surface area contributed by atoms with E-state index in [-0.39, 0.29) is 11.8 Å². The number of rotatable bonds is 9. The highest BCUT2D eigenvalue weighted by molar-refractivity contribution is 5.91. The minimum absolute atomic E-state index is 0.142. The predicted octanol–water partition coefficient (Wildman–Crippen LogP) is 2.55. The molecule has 1 saturated heterocycles. The number of hydrogen-bond donors (Lipinski definition) is 2. The largest absolute Gasteiger partial charge is 0.393 e. The lowest BCUT2D eigenvalue weighted by Gasteiger charge is -2.36. The van der Waals surface area contributed by atoms with Crippen LogP contribution in [0.1, 0.15) is 24.0 Å². The molecule has 3 aromatic rings. The molecule has 3 aromatic carbocycles. The molecule has 1 aliphatic heterocycles. The van der Waals surface area contributed by atoms with E-state index in [1.807, 2.05) is 72.8 Å². The number of nitrogens with one attached hydrogen (secondary N) is 1. The number of likely N-dealkylation sites (N-methyl/N-ethyl adjacent to an activating group) is 1. The van der Waals surface area contributed by atoms with E-state index < -0.39 is 18.2 Å². The van der Waals surface area contributed by atoms with E-state index in [0.717, 1.165) is 21.9 Å². The minimum Gasteiger partial charge on any atom is -0.393 e. The number of aliphatic hydroxyl groups is 1. The Morgan fingerprint density at radius 3 is 2.33 bits per heavy atom. The maximum absolute atomic E-state index is 13.7. The van der Waals surface area contributed by atoms with Gasteiger partial charge in [0.1, 0.15) is 12.1 Å². The molecule has 0 radical (unpaired) electrons. The van der Waals surface area contributed by atoms with Crippen molar-refractivity contribution in [2.75, 3.05) is 20.1 Å². The molecule has 36 heavy (non-hydrogen) atoms. The minimum atomic E-state index is -0.803. The molecule has 0 aromatic heterocycles. The molecule has 188 valence electrons. The van der Waals surface area contributed by atoms with Crippen molar-refractivity contribution in [1.29, 1.82) is 0 Å². The molecule has 3 amide bonds. The molecule has 2 unspecified atom stereocenters. The van der Waals surface area contributed by atoms with Crippen molar-refractivity contribution < 1.29 is 19.5 Å². The summed E-state index contributed by atoms with van der Waals surface area (Å²) in [5.74, 6) is -0.459. The summed E-state index contributed by atoms with van der Waals surface area (Å²) in [5.41, 5.74) is 1.87. The fraction of sp³-hybridized carbons (Fsp3) is 0.345. The van der Waals surface area contributed by atoms with Gasteiger partial charge in [-0.15, -0.1) is 0 Å². The molecule has 7 heteroatoms. The first-order valence-electron chi connectivity index (χ1n) is 12.4. The van der Waals surface area contributed by atoms with Crippen molar-refractivity contribution in [3.63, 3.8) is 0 Å². The summed E-state index contributed by atoms with van der Waals surface area (Å²) in [6.45, 7) is 0.918. The van der Waals surface area contributed by atoms with Gasteiger partial charge in [0.2, 0.25) is 18.2 Å². The molecule has 0 bridgehead atoms. The highest BCUT2D eigenvalue weighted by Gasteiger charge is 2.35. The second-order valence-corrected chi connectivity index (χ2v) is 9.43. The SMILES string of the molecule is CN(C(=O)C(Cc1ccc2ccccc2c1)NC=O)C(Cc1ccccc1)C(=O)N1CCC(O)CC1. The normalized spacial score (nSPS) is 15.8. The van der Waals surface area contributed by atoms with E-state index in [2.05, 4.69) is 5.32 Å². The third-order valence-electron chi connectivity index (χ3n) is 6.97. The Hall–Kier alpha value is -3.71. The van der Waals surface area contributed by atoms with Gasteiger partial charge in [-0.2, -0.15) is 0 Å². The summed E-state index contributed by atoms with van der Waals surface area (Å²) in [7, 11) is 1.63. The third-order valence-corrected chi connectivity index (χ3v) is 6.97. The number of likely N-dealkylation sites (tertiary alicyclic amines) is 1. The molecular formula is C29H33N3O4. The van der Waals surface area contributed by atoms with Gasteiger partial charge in [-0.1, -0.05) is 72.8 Å². The van der Waals surface area contributed by atoms with Crippen LogP contribution in [0.15, 0.2) is 72.8 Å². The van der Waals surface area contributed by atoms with E-state index >= 15 is 0 Å². The topological polar surface area (TPSA) is 90.0 Å². The third kappa shape index (κ3) is 6.10. The van der Waals surface area contributed by atoms with Gasteiger partial charge in [0, 0.05) is 33.0 Å². The standard InChI is InChI=1S/C29H33N3O4/c1-31(27(19-21-7-3-2-4-8-21)29(36)32-15-13-25(34)14-16-32)28(35)26(30-20-33)18-22-11-12-23-9-5-6-10-24(23)17-22/h2-12,17,20,25-27,34H,13-16,18-19H2,1H3,(H,30,33). The van der Waals surface area contributed by atoms with Gasteiger partial charge in [-0.05, 0) is 34.7 Å². The molecule has 2 N–H and O–H groups in total. The Morgan fingerprint density at radius 2 is 1.64 bits per heavy atom. The van der Waals surface area contributed by atoms with Crippen LogP contribution >= 0.6 is 0 Å². The average molecular weight is 488 g/mol. The fourth-order valence-electron chi connectivity index (χ4n) is 4.82. The number of amides is 3. The van der Waals surface area contributed by atoms with E-state index in [1.54, 1.807) is 11.9 Å². The van der Waals surface area contributed by atoms with Crippen molar-refractivity contribution in [1.82, 2.24) is 15.1 Å². The van der Waals surface area contributed by atoms with Gasteiger partial charge in [0.15, 0.2) is 0 Å². The first kappa shape index (κ1) is 25.4. The lowest BCUT2D eigenvalue weighted by atomic mass is 9.98. The Kier molecular flexibility index (Phi) is 8.33. The van der Waals surface area contributed by atoms with Crippen LogP contribution in [0.2, 0.25) is 0 Å². The van der Waals surface area contributed by atoms with E-state index in [0.29, 0.717) is 45.2 Å². The molecule has 4 rings (SSSR count). The average Bonchev–Trinajstić information content (AvgIpc) is 2.91. The lowest BCUT2D eigenvalue weighted by Crippen LogP contribution is -2.56. The summed E-state index contributed by atoms with van der Waals surface area (Å²) in [6.07, 6.45) is 1.87. The van der Waals surface area contributed by atoms with Gasteiger partial charge in [0.25, 0.3) is 0 Å². The molecule has 1 aliphatic rings. The molecule has 0 spiro atoms. The van der Waals surface area contributed by atoms with Crippen LogP contribution in [-0.4, -0.2) is 71.5 Å². The van der Waals surface area contributed by atoms with Gasteiger partial charge >= 0.3 is 0 Å². The molecular weight excluding hydrogens is 454 g/mol. The van der Waals surface area contributed by atoms with Crippen LogP contribution in [0.4, 0.5) is 0 Å². The van der Waals surface area contributed by atoms with Crippen molar-refractivity contribution in [3.8, 4) is 0 Å². The maximum atomic E-state index is 13.7. The van der Waals surface area contributed by atoms with Crippen LogP contribution < -0.4 is 5.32 Å². The smallest absolute Gasteiger partial charge is 0.245 e. The number of carbonyl (C=O) groups is 3. The number of carbonyl (C=O) groups excluding carboxylic acids is 3. The van der Waals surface area contributed by atoms with Crippen LogP contribution in [0.5, 0.6) is 0 Å². The summed E-state index contributed by atoms with van der Waals surface area (Å²) in [5, 5.41) is 14.7.